The van der Waals surface area contributed by atoms with Gasteiger partial charge in [0.25, 0.3) is 5.44 Å². The fourth-order valence-electron chi connectivity index (χ4n) is 2.66. The third kappa shape index (κ3) is 9.66. The van der Waals surface area contributed by atoms with Gasteiger partial charge in [0.05, 0.1) is 20.4 Å². The van der Waals surface area contributed by atoms with Crippen molar-refractivity contribution in [2.75, 3.05) is 70.1 Å². The molecule has 240 valence electrons. The van der Waals surface area contributed by atoms with Crippen LogP contribution in [0.2, 0.25) is 0 Å². The van der Waals surface area contributed by atoms with E-state index >= 15 is 0 Å². The summed E-state index contributed by atoms with van der Waals surface area (Å²) in [4.78, 5) is 26.7. The molecule has 0 bridgehead atoms. The van der Waals surface area contributed by atoms with Gasteiger partial charge >= 0.3 is 36.7 Å². The molecule has 3 N–H and O–H groups in total. The molecule has 19 nitrogen and oxygen atoms in total. The second-order valence-electron chi connectivity index (χ2n) is 7.15. The van der Waals surface area contributed by atoms with Gasteiger partial charge in [0, 0.05) is 48.7 Å². The lowest BCUT2D eigenvalue weighted by atomic mass is 10.7. The highest BCUT2D eigenvalue weighted by Crippen LogP contribution is 2.54. The summed E-state index contributed by atoms with van der Waals surface area (Å²) in [6.07, 6.45) is 0.962. The molecule has 0 saturated heterocycles. The Morgan fingerprint density at radius 1 is 0.905 bits per heavy atom. The normalized spacial score (nSPS) is 14.3. The maximum absolute atomic E-state index is 13.0. The van der Waals surface area contributed by atoms with E-state index in [-0.39, 0.29) is 41.4 Å². The number of aromatic nitrogens is 2. The molecule has 0 aliphatic heterocycles. The minimum atomic E-state index is -3.92. The van der Waals surface area contributed by atoms with Crippen molar-refractivity contribution in [1.82, 2.24) is 9.97 Å². The Labute approximate surface area is 243 Å². The van der Waals surface area contributed by atoms with Crippen molar-refractivity contribution in [3.8, 4) is 6.01 Å². The van der Waals surface area contributed by atoms with E-state index in [2.05, 4.69) is 20.0 Å². The highest BCUT2D eigenvalue weighted by atomic mass is 31.2. The van der Waals surface area contributed by atoms with E-state index in [4.69, 9.17) is 51.4 Å². The Bertz CT molecular complexity index is 1270. The standard InChI is InChI=1S/C19H36N5O14P4/c1-14(39(25,29-2)30-3)22-15(13-21-18(20)42(28,35-8)36-9)37-10-11-38-19-23-16(40(26,31-4)32-5)12-17(24-19)41(27,33-6)34-7/h12-13,26H,10-11H2,1-9H3,(H2,20,21)/q+1/b15-13+,22-14?. The molecule has 0 aromatic carbocycles. The van der Waals surface area contributed by atoms with E-state index in [0.717, 1.165) is 54.9 Å². The summed E-state index contributed by atoms with van der Waals surface area (Å²) < 4.78 is 88.7. The van der Waals surface area contributed by atoms with Crippen LogP contribution in [0.3, 0.4) is 0 Å². The van der Waals surface area contributed by atoms with E-state index in [1.54, 1.807) is 0 Å². The molecule has 0 unspecified atom stereocenters. The second-order valence-corrected chi connectivity index (χ2v) is 16.1. The fourth-order valence-corrected chi connectivity index (χ4v) is 6.42. The van der Waals surface area contributed by atoms with Crippen molar-refractivity contribution >= 4 is 52.6 Å². The SMILES string of the molecule is COP(=O)(OC)C(C)=N/C(=C\N=C(N)P(=O)(OC)OC)OCCOc1nc(P(=O)(OC)OC)cc([P+](O)(OC)OC)n1. The highest BCUT2D eigenvalue weighted by Gasteiger charge is 2.46. The molecule has 0 fully saturated rings. The number of hydrogen-bond donors (Lipinski definition) is 2. The van der Waals surface area contributed by atoms with Crippen LogP contribution in [0.1, 0.15) is 6.92 Å². The van der Waals surface area contributed by atoms with Gasteiger partial charge in [0.2, 0.25) is 11.5 Å². The van der Waals surface area contributed by atoms with Gasteiger partial charge in [-0.05, 0) is 6.92 Å². The molecular weight excluding hydrogens is 646 g/mol. The van der Waals surface area contributed by atoms with Crippen molar-refractivity contribution < 1.29 is 64.3 Å². The zero-order valence-corrected chi connectivity index (χ0v) is 28.1. The predicted octanol–water partition coefficient (Wildman–Crippen LogP) is 2.16. The molecule has 42 heavy (non-hydrogen) atoms. The van der Waals surface area contributed by atoms with E-state index in [1.165, 1.54) is 21.1 Å². The fraction of sp³-hybridized carbons (Fsp3) is 0.579. The van der Waals surface area contributed by atoms with Gasteiger partial charge in [-0.1, -0.05) is 0 Å². The van der Waals surface area contributed by atoms with Crippen molar-refractivity contribution in [1.29, 1.82) is 0 Å². The number of aliphatic imine (C=N–C) groups is 2. The van der Waals surface area contributed by atoms with Gasteiger partial charge in [-0.2, -0.15) is 23.9 Å². The molecule has 1 heterocycles. The van der Waals surface area contributed by atoms with Gasteiger partial charge in [0.1, 0.15) is 18.7 Å². The lowest BCUT2D eigenvalue weighted by Gasteiger charge is -2.17. The topological polar surface area (TPSA) is 240 Å². The van der Waals surface area contributed by atoms with Crippen molar-refractivity contribution in [3.63, 3.8) is 0 Å². The Kier molecular flexibility index (Phi) is 15.5. The molecule has 0 aliphatic carbocycles. The van der Waals surface area contributed by atoms with Crippen LogP contribution >= 0.6 is 30.7 Å². The third-order valence-corrected chi connectivity index (χ3v) is 12.0. The van der Waals surface area contributed by atoms with Gasteiger partial charge in [-0.3, -0.25) is 13.7 Å². The van der Waals surface area contributed by atoms with Crippen LogP contribution in [-0.2, 0) is 54.6 Å². The number of rotatable bonds is 19. The smallest absolute Gasteiger partial charge is 0.465 e. The summed E-state index contributed by atoms with van der Waals surface area (Å²) in [7, 11) is -6.04. The lowest BCUT2D eigenvalue weighted by molar-refractivity contribution is 0.149. The number of ether oxygens (including phenoxy) is 2. The number of nitrogens with zero attached hydrogens (tertiary/aromatic N) is 4. The minimum absolute atomic E-state index is 0.118. The molecule has 1 aromatic rings. The van der Waals surface area contributed by atoms with Crippen molar-refractivity contribution in [2.45, 2.75) is 6.92 Å². The molecule has 0 atom stereocenters. The van der Waals surface area contributed by atoms with E-state index in [0.29, 0.717) is 0 Å². The first-order valence-corrected chi connectivity index (χ1v) is 17.5. The van der Waals surface area contributed by atoms with E-state index in [9.17, 15) is 18.6 Å². The average molecular weight is 682 g/mol. The predicted molar refractivity (Wildman–Crippen MR) is 154 cm³/mol. The van der Waals surface area contributed by atoms with Gasteiger partial charge in [0.15, 0.2) is 5.44 Å². The summed E-state index contributed by atoms with van der Waals surface area (Å²) in [6, 6.07) is 0.770. The van der Waals surface area contributed by atoms with Crippen LogP contribution in [0.15, 0.2) is 28.1 Å². The van der Waals surface area contributed by atoms with E-state index < -0.39 is 36.3 Å². The van der Waals surface area contributed by atoms with Crippen LogP contribution in [0.25, 0.3) is 0 Å². The van der Waals surface area contributed by atoms with Gasteiger partial charge in [-0.25, -0.2) is 9.98 Å². The maximum Gasteiger partial charge on any atom is 0.465 e. The molecule has 0 saturated carbocycles. The molecule has 0 spiro atoms. The first kappa shape index (κ1) is 38.3. The average Bonchev–Trinajstić information content (AvgIpc) is 3.03. The number of nitrogens with two attached hydrogens (primary N) is 1. The zero-order valence-electron chi connectivity index (χ0n) is 24.5. The third-order valence-electron chi connectivity index (χ3n) is 5.01. The van der Waals surface area contributed by atoms with Gasteiger partial charge < -0.3 is 42.3 Å². The Hall–Kier alpha value is -1.68. The highest BCUT2D eigenvalue weighted by molar-refractivity contribution is 7.72. The molecule has 0 aliphatic rings. The number of amidine groups is 1. The molecule has 1 aromatic heterocycles. The lowest BCUT2D eigenvalue weighted by Crippen LogP contribution is -2.27. The molecule has 23 heteroatoms. The minimum Gasteiger partial charge on any atom is -0.473 e. The molecule has 0 radical (unpaired) electrons. The maximum atomic E-state index is 13.0. The van der Waals surface area contributed by atoms with Crippen molar-refractivity contribution in [2.24, 2.45) is 15.7 Å². The molecule has 0 amide bonds. The van der Waals surface area contributed by atoms with E-state index in [1.807, 2.05) is 0 Å². The first-order valence-electron chi connectivity index (χ1n) is 11.3. The van der Waals surface area contributed by atoms with Crippen LogP contribution in [-0.4, -0.2) is 96.0 Å². The molecular formula is C19H36N5O14P4+. The number of hydrogen-bond acceptors (Lipinski definition) is 18. The summed E-state index contributed by atoms with van der Waals surface area (Å²) in [5.41, 5.74) is 4.66. The first-order chi connectivity index (χ1) is 19.7. The van der Waals surface area contributed by atoms with Crippen LogP contribution in [0, 0.1) is 0 Å². The second kappa shape index (κ2) is 17.0. The summed E-state index contributed by atoms with van der Waals surface area (Å²) in [6.45, 7) is 0.817. The Morgan fingerprint density at radius 2 is 1.45 bits per heavy atom. The summed E-state index contributed by atoms with van der Waals surface area (Å²) in [5.74, 6) is -0.287. The van der Waals surface area contributed by atoms with Gasteiger partial charge in [-0.15, -0.1) is 0 Å². The van der Waals surface area contributed by atoms with Crippen LogP contribution in [0.4, 0.5) is 0 Å². The largest absolute Gasteiger partial charge is 0.473 e. The van der Waals surface area contributed by atoms with Crippen LogP contribution < -0.4 is 21.3 Å². The van der Waals surface area contributed by atoms with Crippen molar-refractivity contribution in [3.05, 3.63) is 18.1 Å². The Balaban J connectivity index is 3.37. The monoisotopic (exact) mass is 682 g/mol. The summed E-state index contributed by atoms with van der Waals surface area (Å²) in [5, 5.41) is 0. The summed E-state index contributed by atoms with van der Waals surface area (Å²) >= 11 is 0. The zero-order chi connectivity index (χ0) is 32.2. The molecule has 1 rings (SSSR count). The quantitative estimate of drug-likeness (QED) is 0.0698. The van der Waals surface area contributed by atoms with Crippen LogP contribution in [0.5, 0.6) is 6.01 Å². The Morgan fingerprint density at radius 3 is 1.93 bits per heavy atom.